The predicted octanol–water partition coefficient (Wildman–Crippen LogP) is 0.903. The van der Waals surface area contributed by atoms with E-state index in [0.717, 1.165) is 5.69 Å². The van der Waals surface area contributed by atoms with Gasteiger partial charge in [0.2, 0.25) is 5.95 Å². The number of nitrogen functional groups attached to an aromatic ring is 1. The summed E-state index contributed by atoms with van der Waals surface area (Å²) in [6, 6.07) is 5.62. The fourth-order valence-corrected chi connectivity index (χ4v) is 1.93. The van der Waals surface area contributed by atoms with Gasteiger partial charge >= 0.3 is 0 Å². The maximum Gasteiger partial charge on any atom is 0.294 e. The Morgan fingerprint density at radius 1 is 1.37 bits per heavy atom. The van der Waals surface area contributed by atoms with Crippen molar-refractivity contribution in [2.45, 2.75) is 11.8 Å². The third-order valence-corrected chi connectivity index (χ3v) is 3.21. The number of aryl methyl sites for hydroxylation is 1. The van der Waals surface area contributed by atoms with Crippen LogP contribution in [0.25, 0.3) is 0 Å². The summed E-state index contributed by atoms with van der Waals surface area (Å²) in [5.41, 5.74) is 7.02. The normalized spacial score (nSPS) is 12.1. The van der Waals surface area contributed by atoms with E-state index in [1.807, 2.05) is 0 Å². The Morgan fingerprint density at radius 2 is 2.00 bits per heavy atom. The summed E-state index contributed by atoms with van der Waals surface area (Å²) in [7, 11) is -4.17. The summed E-state index contributed by atoms with van der Waals surface area (Å²) in [4.78, 5) is 3.82. The Morgan fingerprint density at radius 3 is 2.47 bits per heavy atom. The molecule has 0 saturated heterocycles. The van der Waals surface area contributed by atoms with E-state index < -0.39 is 10.1 Å². The monoisotopic (exact) mass is 280 g/mol. The van der Waals surface area contributed by atoms with E-state index in [4.69, 9.17) is 10.3 Å². The van der Waals surface area contributed by atoms with Crippen LogP contribution in [0.1, 0.15) is 11.3 Å². The van der Waals surface area contributed by atoms with Gasteiger partial charge in [-0.15, -0.1) is 0 Å². The molecule has 2 rings (SSSR count). The summed E-state index contributed by atoms with van der Waals surface area (Å²) in [6.45, 7) is 1.79. The molecule has 0 bridgehead atoms. The SMILES string of the molecule is Cc1cn(N=Cc2ccc(S(=O)(=O)O)cc2)c(N)n1. The van der Waals surface area contributed by atoms with Gasteiger partial charge in [0, 0.05) is 0 Å². The van der Waals surface area contributed by atoms with Crippen molar-refractivity contribution in [1.29, 1.82) is 0 Å². The molecule has 0 amide bonds. The molecule has 0 aliphatic carbocycles. The van der Waals surface area contributed by atoms with Crippen LogP contribution in [-0.2, 0) is 10.1 Å². The summed E-state index contributed by atoms with van der Waals surface area (Å²) in [5.74, 6) is 0.267. The molecule has 1 heterocycles. The van der Waals surface area contributed by atoms with Gasteiger partial charge in [-0.25, -0.2) is 9.66 Å². The van der Waals surface area contributed by atoms with Gasteiger partial charge in [-0.1, -0.05) is 12.1 Å². The highest BCUT2D eigenvalue weighted by molar-refractivity contribution is 7.85. The molecule has 0 saturated carbocycles. The molecule has 19 heavy (non-hydrogen) atoms. The molecule has 0 radical (unpaired) electrons. The van der Waals surface area contributed by atoms with Crippen LogP contribution in [0, 0.1) is 6.92 Å². The molecule has 0 spiro atoms. The van der Waals surface area contributed by atoms with E-state index >= 15 is 0 Å². The number of aromatic nitrogens is 2. The lowest BCUT2D eigenvalue weighted by atomic mass is 10.2. The summed E-state index contributed by atoms with van der Waals surface area (Å²) < 4.78 is 32.0. The Balaban J connectivity index is 2.23. The van der Waals surface area contributed by atoms with Crippen LogP contribution in [0.4, 0.5) is 5.95 Å². The minimum absolute atomic E-state index is 0.164. The number of rotatable bonds is 3. The Bertz CT molecular complexity index is 717. The molecule has 7 nitrogen and oxygen atoms in total. The van der Waals surface area contributed by atoms with Crippen LogP contribution in [0.2, 0.25) is 0 Å². The molecule has 0 aliphatic rings. The van der Waals surface area contributed by atoms with Crippen LogP contribution < -0.4 is 5.73 Å². The van der Waals surface area contributed by atoms with Crippen molar-refractivity contribution in [3.8, 4) is 0 Å². The first kappa shape index (κ1) is 13.2. The van der Waals surface area contributed by atoms with Crippen LogP contribution in [0.15, 0.2) is 40.5 Å². The minimum Gasteiger partial charge on any atom is -0.368 e. The van der Waals surface area contributed by atoms with Gasteiger partial charge in [0.1, 0.15) is 0 Å². The van der Waals surface area contributed by atoms with E-state index in [2.05, 4.69) is 10.1 Å². The number of anilines is 1. The molecule has 100 valence electrons. The summed E-state index contributed by atoms with van der Waals surface area (Å²) in [5, 5.41) is 4.08. The van der Waals surface area contributed by atoms with E-state index in [-0.39, 0.29) is 10.8 Å². The Labute approximate surface area is 110 Å². The summed E-state index contributed by atoms with van der Waals surface area (Å²) in [6.07, 6.45) is 3.17. The van der Waals surface area contributed by atoms with Crippen molar-refractivity contribution in [3.05, 3.63) is 41.7 Å². The zero-order valence-corrected chi connectivity index (χ0v) is 10.9. The number of hydrogen-bond donors (Lipinski definition) is 2. The number of imidazole rings is 1. The minimum atomic E-state index is -4.17. The van der Waals surface area contributed by atoms with Crippen molar-refractivity contribution >= 4 is 22.3 Å². The third-order valence-electron chi connectivity index (χ3n) is 2.34. The molecule has 0 aliphatic heterocycles. The number of nitrogens with zero attached hydrogens (tertiary/aromatic N) is 3. The topological polar surface area (TPSA) is 111 Å². The highest BCUT2D eigenvalue weighted by Crippen LogP contribution is 2.09. The van der Waals surface area contributed by atoms with Gasteiger partial charge in [-0.3, -0.25) is 4.55 Å². The second kappa shape index (κ2) is 4.82. The molecule has 3 N–H and O–H groups in total. The second-order valence-electron chi connectivity index (χ2n) is 3.87. The van der Waals surface area contributed by atoms with Crippen LogP contribution in [0.3, 0.4) is 0 Å². The van der Waals surface area contributed by atoms with Crippen molar-refractivity contribution in [2.75, 3.05) is 5.73 Å². The predicted molar refractivity (Wildman–Crippen MR) is 70.6 cm³/mol. The molecule has 0 fully saturated rings. The molecule has 8 heteroatoms. The first-order chi connectivity index (χ1) is 8.86. The standard InChI is InChI=1S/C11H12N4O3S/c1-8-7-15(11(12)14-8)13-6-9-2-4-10(5-3-9)19(16,17)18/h2-7H,1H3,(H2,12,14)(H,16,17,18). The Kier molecular flexibility index (Phi) is 3.36. The lowest BCUT2D eigenvalue weighted by molar-refractivity contribution is 0.483. The van der Waals surface area contributed by atoms with Crippen molar-refractivity contribution in [1.82, 2.24) is 9.66 Å². The number of hydrogen-bond acceptors (Lipinski definition) is 5. The van der Waals surface area contributed by atoms with Gasteiger partial charge in [0.05, 0.1) is 23.0 Å². The van der Waals surface area contributed by atoms with Crippen molar-refractivity contribution < 1.29 is 13.0 Å². The summed E-state index contributed by atoms with van der Waals surface area (Å²) >= 11 is 0. The average molecular weight is 280 g/mol. The van der Waals surface area contributed by atoms with Gasteiger partial charge in [0.25, 0.3) is 10.1 Å². The first-order valence-corrected chi connectivity index (χ1v) is 6.73. The first-order valence-electron chi connectivity index (χ1n) is 5.29. The largest absolute Gasteiger partial charge is 0.368 e. The van der Waals surface area contributed by atoms with Crippen molar-refractivity contribution in [3.63, 3.8) is 0 Å². The third kappa shape index (κ3) is 3.18. The quantitative estimate of drug-likeness (QED) is 0.641. The maximum atomic E-state index is 10.9. The van der Waals surface area contributed by atoms with Gasteiger partial charge in [0.15, 0.2) is 0 Å². The average Bonchev–Trinajstić information content (AvgIpc) is 2.65. The van der Waals surface area contributed by atoms with Gasteiger partial charge < -0.3 is 5.73 Å². The van der Waals surface area contributed by atoms with Crippen molar-refractivity contribution in [2.24, 2.45) is 5.10 Å². The fraction of sp³-hybridized carbons (Fsp3) is 0.0909. The molecule has 0 unspecified atom stereocenters. The molecule has 2 aromatic rings. The fourth-order valence-electron chi connectivity index (χ4n) is 1.45. The lowest BCUT2D eigenvalue weighted by Gasteiger charge is -1.98. The molecular formula is C11H12N4O3S. The highest BCUT2D eigenvalue weighted by Gasteiger charge is 2.07. The van der Waals surface area contributed by atoms with Crippen LogP contribution >= 0.6 is 0 Å². The van der Waals surface area contributed by atoms with E-state index in [1.165, 1.54) is 35.2 Å². The maximum absolute atomic E-state index is 10.9. The van der Waals surface area contributed by atoms with E-state index in [1.54, 1.807) is 13.1 Å². The Hall–Kier alpha value is -2.19. The molecule has 1 aromatic heterocycles. The van der Waals surface area contributed by atoms with E-state index in [9.17, 15) is 8.42 Å². The number of benzene rings is 1. The smallest absolute Gasteiger partial charge is 0.294 e. The van der Waals surface area contributed by atoms with Gasteiger partial charge in [-0.05, 0) is 24.6 Å². The lowest BCUT2D eigenvalue weighted by Crippen LogP contribution is -1.99. The van der Waals surface area contributed by atoms with E-state index in [0.29, 0.717) is 5.56 Å². The molecule has 0 atom stereocenters. The van der Waals surface area contributed by atoms with Crippen LogP contribution in [0.5, 0.6) is 0 Å². The second-order valence-corrected chi connectivity index (χ2v) is 5.30. The zero-order valence-electron chi connectivity index (χ0n) is 10.1. The van der Waals surface area contributed by atoms with Gasteiger partial charge in [-0.2, -0.15) is 13.5 Å². The van der Waals surface area contributed by atoms with Crippen LogP contribution in [-0.4, -0.2) is 28.8 Å². The molecular weight excluding hydrogens is 268 g/mol. The highest BCUT2D eigenvalue weighted by atomic mass is 32.2. The zero-order chi connectivity index (χ0) is 14.0. The number of nitrogens with two attached hydrogens (primary N) is 1. The molecule has 1 aromatic carbocycles.